The second-order valence-corrected chi connectivity index (χ2v) is 6.01. The van der Waals surface area contributed by atoms with Gasteiger partial charge in [0.15, 0.2) is 0 Å². The molecule has 114 valence electrons. The van der Waals surface area contributed by atoms with E-state index in [9.17, 15) is 9.59 Å². The maximum Gasteiger partial charge on any atom is 0.325 e. The topological polar surface area (TPSA) is 75.4 Å². The Bertz CT molecular complexity index is 590. The second kappa shape index (κ2) is 5.66. The lowest BCUT2D eigenvalue weighted by Crippen LogP contribution is -2.43. The second-order valence-electron chi connectivity index (χ2n) is 5.60. The molecule has 2 atom stereocenters. The van der Waals surface area contributed by atoms with Crippen molar-refractivity contribution in [2.24, 2.45) is 5.73 Å². The van der Waals surface area contributed by atoms with E-state index in [0.717, 1.165) is 11.1 Å². The van der Waals surface area contributed by atoms with Gasteiger partial charge in [0.05, 0.1) is 0 Å². The number of imide groups is 1. The number of benzene rings is 1. The Morgan fingerprint density at radius 3 is 2.67 bits per heavy atom. The summed E-state index contributed by atoms with van der Waals surface area (Å²) in [6.45, 7) is 5.71. The van der Waals surface area contributed by atoms with Crippen molar-refractivity contribution in [2.45, 2.75) is 38.8 Å². The maximum atomic E-state index is 12.6. The largest absolute Gasteiger partial charge is 0.326 e. The molecule has 1 fully saturated rings. The highest BCUT2D eigenvalue weighted by atomic mass is 35.5. The molecule has 0 spiro atoms. The quantitative estimate of drug-likeness (QED) is 0.837. The summed E-state index contributed by atoms with van der Waals surface area (Å²) in [7, 11) is 0. The van der Waals surface area contributed by atoms with Crippen molar-refractivity contribution < 1.29 is 9.59 Å². The Hall–Kier alpha value is -1.59. The SMILES string of the molecule is CCC(N)CN1C(=O)NC(C)(c2ccc(Cl)c(C)c2)C1=O. The lowest BCUT2D eigenvalue weighted by Gasteiger charge is -2.23. The Morgan fingerprint density at radius 2 is 2.10 bits per heavy atom. The molecule has 0 saturated carbocycles. The normalized spacial score (nSPS) is 23.4. The van der Waals surface area contributed by atoms with Crippen LogP contribution in [0.2, 0.25) is 5.02 Å². The molecule has 1 aliphatic rings. The van der Waals surface area contributed by atoms with Crippen LogP contribution in [0.3, 0.4) is 0 Å². The highest BCUT2D eigenvalue weighted by Crippen LogP contribution is 2.31. The van der Waals surface area contributed by atoms with Gasteiger partial charge in [-0.05, 0) is 37.5 Å². The number of hydrogen-bond acceptors (Lipinski definition) is 3. The van der Waals surface area contributed by atoms with E-state index >= 15 is 0 Å². The van der Waals surface area contributed by atoms with E-state index < -0.39 is 11.6 Å². The molecule has 0 aliphatic carbocycles. The number of amides is 3. The zero-order chi connectivity index (χ0) is 15.8. The molecule has 0 aromatic heterocycles. The fourth-order valence-electron chi connectivity index (χ4n) is 2.38. The highest BCUT2D eigenvalue weighted by molar-refractivity contribution is 6.31. The lowest BCUT2D eigenvalue weighted by molar-refractivity contribution is -0.131. The highest BCUT2D eigenvalue weighted by Gasteiger charge is 2.49. The predicted molar refractivity (Wildman–Crippen MR) is 82.1 cm³/mol. The van der Waals surface area contributed by atoms with Crippen molar-refractivity contribution in [3.63, 3.8) is 0 Å². The molecule has 3 amide bonds. The van der Waals surface area contributed by atoms with Crippen LogP contribution in [0.15, 0.2) is 18.2 Å². The summed E-state index contributed by atoms with van der Waals surface area (Å²) in [6.07, 6.45) is 0.702. The smallest absolute Gasteiger partial charge is 0.325 e. The Labute approximate surface area is 129 Å². The van der Waals surface area contributed by atoms with Gasteiger partial charge in [-0.15, -0.1) is 0 Å². The molecule has 3 N–H and O–H groups in total. The first-order valence-corrected chi connectivity index (χ1v) is 7.33. The zero-order valence-corrected chi connectivity index (χ0v) is 13.2. The molecule has 0 bridgehead atoms. The number of aryl methyl sites for hydroxylation is 1. The average molecular weight is 310 g/mol. The molecule has 6 heteroatoms. The van der Waals surface area contributed by atoms with Crippen LogP contribution in [0.25, 0.3) is 0 Å². The summed E-state index contributed by atoms with van der Waals surface area (Å²) in [5.74, 6) is -0.280. The summed E-state index contributed by atoms with van der Waals surface area (Å²) in [5, 5.41) is 3.39. The van der Waals surface area contributed by atoms with E-state index in [-0.39, 0.29) is 18.5 Å². The van der Waals surface area contributed by atoms with E-state index in [4.69, 9.17) is 17.3 Å². The van der Waals surface area contributed by atoms with Crippen LogP contribution < -0.4 is 11.1 Å². The number of nitrogens with two attached hydrogens (primary N) is 1. The van der Waals surface area contributed by atoms with Gasteiger partial charge < -0.3 is 11.1 Å². The molecule has 1 aliphatic heterocycles. The molecule has 1 heterocycles. The standard InChI is InChI=1S/C15H20ClN3O2/c1-4-11(17)8-19-13(20)15(3,18-14(19)21)10-5-6-12(16)9(2)7-10/h5-7,11H,4,8,17H2,1-3H3,(H,18,21). The molecule has 2 rings (SSSR count). The van der Waals surface area contributed by atoms with Gasteiger partial charge in [0.1, 0.15) is 5.54 Å². The van der Waals surface area contributed by atoms with Crippen LogP contribution in [0.4, 0.5) is 4.79 Å². The molecular weight excluding hydrogens is 290 g/mol. The van der Waals surface area contributed by atoms with Crippen LogP contribution in [-0.2, 0) is 10.3 Å². The fourth-order valence-corrected chi connectivity index (χ4v) is 2.50. The van der Waals surface area contributed by atoms with E-state index in [1.54, 1.807) is 19.1 Å². The van der Waals surface area contributed by atoms with Gasteiger partial charge in [0, 0.05) is 17.6 Å². The van der Waals surface area contributed by atoms with Crippen molar-refractivity contribution >= 4 is 23.5 Å². The van der Waals surface area contributed by atoms with Gasteiger partial charge in [0.2, 0.25) is 0 Å². The minimum atomic E-state index is -1.07. The monoisotopic (exact) mass is 309 g/mol. The number of carbonyl (C=O) groups excluding carboxylic acids is 2. The zero-order valence-electron chi connectivity index (χ0n) is 12.4. The van der Waals surface area contributed by atoms with E-state index in [1.807, 2.05) is 19.9 Å². The van der Waals surface area contributed by atoms with Crippen LogP contribution in [0.1, 0.15) is 31.4 Å². The van der Waals surface area contributed by atoms with Gasteiger partial charge in [-0.1, -0.05) is 30.7 Å². The third-order valence-corrected chi connectivity index (χ3v) is 4.38. The van der Waals surface area contributed by atoms with Crippen molar-refractivity contribution in [2.75, 3.05) is 6.54 Å². The first-order chi connectivity index (χ1) is 9.79. The number of nitrogens with one attached hydrogen (secondary N) is 1. The minimum absolute atomic E-state index is 0.214. The molecule has 1 aromatic carbocycles. The molecule has 2 unspecified atom stereocenters. The molecule has 5 nitrogen and oxygen atoms in total. The molecule has 0 radical (unpaired) electrons. The van der Waals surface area contributed by atoms with E-state index in [2.05, 4.69) is 5.32 Å². The number of hydrogen-bond donors (Lipinski definition) is 2. The summed E-state index contributed by atoms with van der Waals surface area (Å²) in [6, 6.07) is 4.70. The number of carbonyl (C=O) groups is 2. The number of rotatable bonds is 4. The van der Waals surface area contributed by atoms with Gasteiger partial charge in [-0.25, -0.2) is 4.79 Å². The Morgan fingerprint density at radius 1 is 1.43 bits per heavy atom. The summed E-state index contributed by atoms with van der Waals surface area (Å²) in [5.41, 5.74) is 6.37. The molecule has 21 heavy (non-hydrogen) atoms. The van der Waals surface area contributed by atoms with Crippen LogP contribution >= 0.6 is 11.6 Å². The third-order valence-electron chi connectivity index (χ3n) is 3.95. The van der Waals surface area contributed by atoms with Crippen molar-refractivity contribution in [3.8, 4) is 0 Å². The van der Waals surface area contributed by atoms with Crippen LogP contribution in [-0.4, -0.2) is 29.4 Å². The summed E-state index contributed by atoms with van der Waals surface area (Å²) in [4.78, 5) is 25.9. The van der Waals surface area contributed by atoms with Crippen molar-refractivity contribution in [1.29, 1.82) is 0 Å². The summed E-state index contributed by atoms with van der Waals surface area (Å²) >= 11 is 6.01. The molecule has 1 aromatic rings. The van der Waals surface area contributed by atoms with E-state index in [0.29, 0.717) is 11.4 Å². The van der Waals surface area contributed by atoms with Gasteiger partial charge in [0.25, 0.3) is 5.91 Å². The Kier molecular flexibility index (Phi) is 4.25. The third kappa shape index (κ3) is 2.76. The predicted octanol–water partition coefficient (Wildman–Crippen LogP) is 2.15. The van der Waals surface area contributed by atoms with Gasteiger partial charge in [-0.3, -0.25) is 9.69 Å². The minimum Gasteiger partial charge on any atom is -0.326 e. The number of urea groups is 1. The number of halogens is 1. The first kappa shape index (κ1) is 15.8. The molecular formula is C15H20ClN3O2. The average Bonchev–Trinajstić information content (AvgIpc) is 2.66. The lowest BCUT2D eigenvalue weighted by atomic mass is 9.91. The van der Waals surface area contributed by atoms with Crippen LogP contribution in [0, 0.1) is 6.92 Å². The van der Waals surface area contributed by atoms with Crippen molar-refractivity contribution in [1.82, 2.24) is 10.2 Å². The van der Waals surface area contributed by atoms with Crippen LogP contribution in [0.5, 0.6) is 0 Å². The molecule has 1 saturated heterocycles. The first-order valence-electron chi connectivity index (χ1n) is 6.96. The Balaban J connectivity index is 2.33. The number of nitrogens with zero attached hydrogens (tertiary/aromatic N) is 1. The van der Waals surface area contributed by atoms with Gasteiger partial charge in [-0.2, -0.15) is 0 Å². The van der Waals surface area contributed by atoms with Gasteiger partial charge >= 0.3 is 6.03 Å². The summed E-state index contributed by atoms with van der Waals surface area (Å²) < 4.78 is 0. The maximum absolute atomic E-state index is 12.6. The van der Waals surface area contributed by atoms with Crippen molar-refractivity contribution in [3.05, 3.63) is 34.3 Å². The fraction of sp³-hybridized carbons (Fsp3) is 0.467. The van der Waals surface area contributed by atoms with E-state index in [1.165, 1.54) is 4.90 Å².